The first-order chi connectivity index (χ1) is 11.1. The molecule has 2 rings (SSSR count). The molecular weight excluding hydrogens is 310 g/mol. The lowest BCUT2D eigenvalue weighted by molar-refractivity contribution is 0.0333. The fourth-order valence-electron chi connectivity index (χ4n) is 2.36. The zero-order chi connectivity index (χ0) is 16.7. The molecule has 0 heterocycles. The number of benzene rings is 2. The first kappa shape index (κ1) is 17.4. The Kier molecular flexibility index (Phi) is 6.48. The predicted octanol–water partition coefficient (Wildman–Crippen LogP) is 5.15. The number of esters is 1. The molecule has 4 heteroatoms. The van der Waals surface area contributed by atoms with Crippen molar-refractivity contribution in [2.45, 2.75) is 32.9 Å². The SMILES string of the molecule is CCCCN(c1cccc(Cl)c1)C(C)OC(=O)c1ccccc1. The second-order valence-electron chi connectivity index (χ2n) is 5.40. The number of carbonyl (C=O) groups is 1. The van der Waals surface area contributed by atoms with Gasteiger partial charge in [0.1, 0.15) is 0 Å². The van der Waals surface area contributed by atoms with Crippen molar-refractivity contribution < 1.29 is 9.53 Å². The molecular formula is C19H22ClNO2. The Hall–Kier alpha value is -2.00. The summed E-state index contributed by atoms with van der Waals surface area (Å²) in [4.78, 5) is 14.3. The molecule has 122 valence electrons. The third kappa shape index (κ3) is 5.00. The minimum absolute atomic E-state index is 0.318. The molecule has 2 aromatic carbocycles. The lowest BCUT2D eigenvalue weighted by Gasteiger charge is -2.31. The highest BCUT2D eigenvalue weighted by molar-refractivity contribution is 6.30. The number of anilines is 1. The number of rotatable bonds is 7. The van der Waals surface area contributed by atoms with E-state index in [1.807, 2.05) is 49.4 Å². The summed E-state index contributed by atoms with van der Waals surface area (Å²) in [6.45, 7) is 4.83. The van der Waals surface area contributed by atoms with Gasteiger partial charge in [-0.3, -0.25) is 0 Å². The van der Waals surface area contributed by atoms with Crippen molar-refractivity contribution in [3.05, 3.63) is 65.2 Å². The van der Waals surface area contributed by atoms with Crippen LogP contribution in [0.25, 0.3) is 0 Å². The van der Waals surface area contributed by atoms with Gasteiger partial charge in [-0.05, 0) is 43.7 Å². The van der Waals surface area contributed by atoms with Gasteiger partial charge >= 0.3 is 5.97 Å². The number of hydrogen-bond acceptors (Lipinski definition) is 3. The smallest absolute Gasteiger partial charge is 0.340 e. The quantitative estimate of drug-likeness (QED) is 0.519. The second-order valence-corrected chi connectivity index (χ2v) is 5.83. The van der Waals surface area contributed by atoms with E-state index in [1.54, 1.807) is 12.1 Å². The van der Waals surface area contributed by atoms with Gasteiger partial charge in [0.25, 0.3) is 0 Å². The van der Waals surface area contributed by atoms with Crippen LogP contribution in [0.4, 0.5) is 5.69 Å². The molecule has 1 atom stereocenters. The Balaban J connectivity index is 2.13. The summed E-state index contributed by atoms with van der Waals surface area (Å²) in [5.41, 5.74) is 1.51. The van der Waals surface area contributed by atoms with Gasteiger partial charge in [-0.2, -0.15) is 0 Å². The van der Waals surface area contributed by atoms with E-state index in [4.69, 9.17) is 16.3 Å². The molecule has 0 amide bonds. The molecule has 0 saturated carbocycles. The maximum atomic E-state index is 12.3. The molecule has 2 aromatic rings. The van der Waals surface area contributed by atoms with Crippen molar-refractivity contribution in [3.8, 4) is 0 Å². The van der Waals surface area contributed by atoms with Crippen LogP contribution in [-0.2, 0) is 4.74 Å². The summed E-state index contributed by atoms with van der Waals surface area (Å²) in [6.07, 6.45) is 1.71. The van der Waals surface area contributed by atoms with Gasteiger partial charge in [-0.1, -0.05) is 49.2 Å². The van der Waals surface area contributed by atoms with Gasteiger partial charge in [-0.15, -0.1) is 0 Å². The summed E-state index contributed by atoms with van der Waals surface area (Å²) >= 11 is 6.09. The highest BCUT2D eigenvalue weighted by Crippen LogP contribution is 2.23. The summed E-state index contributed by atoms with van der Waals surface area (Å²) < 4.78 is 5.63. The van der Waals surface area contributed by atoms with Gasteiger partial charge in [-0.25, -0.2) is 4.79 Å². The first-order valence-electron chi connectivity index (χ1n) is 7.90. The highest BCUT2D eigenvalue weighted by Gasteiger charge is 2.19. The monoisotopic (exact) mass is 331 g/mol. The van der Waals surface area contributed by atoms with Crippen LogP contribution in [0.3, 0.4) is 0 Å². The molecule has 0 radical (unpaired) electrons. The Morgan fingerprint density at radius 1 is 1.17 bits per heavy atom. The summed E-state index contributed by atoms with van der Waals surface area (Å²) in [5, 5.41) is 0.672. The van der Waals surface area contributed by atoms with E-state index in [0.717, 1.165) is 25.1 Å². The van der Waals surface area contributed by atoms with E-state index in [1.165, 1.54) is 0 Å². The van der Waals surface area contributed by atoms with Crippen LogP contribution in [0.1, 0.15) is 37.0 Å². The summed E-state index contributed by atoms with van der Waals surface area (Å²) in [7, 11) is 0. The molecule has 1 unspecified atom stereocenters. The highest BCUT2D eigenvalue weighted by atomic mass is 35.5. The van der Waals surface area contributed by atoms with Crippen LogP contribution in [-0.4, -0.2) is 18.7 Å². The molecule has 0 aliphatic heterocycles. The van der Waals surface area contributed by atoms with Crippen molar-refractivity contribution in [1.82, 2.24) is 0 Å². The van der Waals surface area contributed by atoms with Crippen molar-refractivity contribution in [2.24, 2.45) is 0 Å². The zero-order valence-corrected chi connectivity index (χ0v) is 14.3. The van der Waals surface area contributed by atoms with Gasteiger partial charge < -0.3 is 9.64 Å². The Labute approximate surface area is 142 Å². The standard InChI is InChI=1S/C19H22ClNO2/c1-3-4-13-21(18-12-8-11-17(20)14-18)15(2)23-19(22)16-9-6-5-7-10-16/h5-12,14-15H,3-4,13H2,1-2H3. The molecule has 0 aromatic heterocycles. The van der Waals surface area contributed by atoms with Gasteiger partial charge in [0.05, 0.1) is 5.56 Å². The molecule has 0 fully saturated rings. The molecule has 3 nitrogen and oxygen atoms in total. The molecule has 23 heavy (non-hydrogen) atoms. The van der Waals surface area contributed by atoms with Crippen LogP contribution in [0, 0.1) is 0 Å². The number of nitrogens with zero attached hydrogens (tertiary/aromatic N) is 1. The van der Waals surface area contributed by atoms with E-state index in [-0.39, 0.29) is 12.2 Å². The van der Waals surface area contributed by atoms with E-state index in [9.17, 15) is 4.79 Å². The maximum Gasteiger partial charge on any atom is 0.340 e. The molecule has 0 saturated heterocycles. The van der Waals surface area contributed by atoms with Crippen molar-refractivity contribution in [2.75, 3.05) is 11.4 Å². The minimum atomic E-state index is -0.368. The second kappa shape index (κ2) is 8.59. The van der Waals surface area contributed by atoms with E-state index >= 15 is 0 Å². The topological polar surface area (TPSA) is 29.5 Å². The molecule has 0 bridgehead atoms. The Bertz CT molecular complexity index is 630. The maximum absolute atomic E-state index is 12.3. The number of halogens is 1. The van der Waals surface area contributed by atoms with E-state index in [2.05, 4.69) is 11.8 Å². The fourth-order valence-corrected chi connectivity index (χ4v) is 2.55. The zero-order valence-electron chi connectivity index (χ0n) is 13.5. The lowest BCUT2D eigenvalue weighted by Crippen LogP contribution is -2.37. The number of unbranched alkanes of at least 4 members (excludes halogenated alkanes) is 1. The number of carbonyl (C=O) groups excluding carboxylic acids is 1. The normalized spacial score (nSPS) is 11.8. The van der Waals surface area contributed by atoms with Gasteiger partial charge in [0, 0.05) is 17.3 Å². The molecule has 0 aliphatic rings. The van der Waals surface area contributed by atoms with Gasteiger partial charge in [0.15, 0.2) is 6.23 Å². The van der Waals surface area contributed by atoms with Crippen LogP contribution in [0.2, 0.25) is 5.02 Å². The predicted molar refractivity (Wildman–Crippen MR) is 95.0 cm³/mol. The van der Waals surface area contributed by atoms with Crippen molar-refractivity contribution in [1.29, 1.82) is 0 Å². The molecule has 0 aliphatic carbocycles. The van der Waals surface area contributed by atoms with Gasteiger partial charge in [0.2, 0.25) is 0 Å². The summed E-state index contributed by atoms with van der Waals surface area (Å²) in [6, 6.07) is 16.7. The first-order valence-corrected chi connectivity index (χ1v) is 8.28. The molecule has 0 spiro atoms. The Morgan fingerprint density at radius 3 is 2.57 bits per heavy atom. The fraction of sp³-hybridized carbons (Fsp3) is 0.316. The third-order valence-electron chi connectivity index (χ3n) is 3.62. The number of ether oxygens (including phenoxy) is 1. The van der Waals surface area contributed by atoms with Crippen molar-refractivity contribution in [3.63, 3.8) is 0 Å². The average molecular weight is 332 g/mol. The van der Waals surface area contributed by atoms with E-state index < -0.39 is 0 Å². The van der Waals surface area contributed by atoms with Crippen molar-refractivity contribution >= 4 is 23.3 Å². The third-order valence-corrected chi connectivity index (χ3v) is 3.85. The van der Waals surface area contributed by atoms with E-state index in [0.29, 0.717) is 10.6 Å². The molecule has 0 N–H and O–H groups in total. The minimum Gasteiger partial charge on any atom is -0.438 e. The summed E-state index contributed by atoms with van der Waals surface area (Å²) in [5.74, 6) is -0.318. The van der Waals surface area contributed by atoms with Crippen LogP contribution < -0.4 is 4.90 Å². The largest absolute Gasteiger partial charge is 0.438 e. The Morgan fingerprint density at radius 2 is 1.91 bits per heavy atom. The van der Waals surface area contributed by atoms with Crippen LogP contribution in [0.5, 0.6) is 0 Å². The average Bonchev–Trinajstić information content (AvgIpc) is 2.56. The number of hydrogen-bond donors (Lipinski definition) is 0. The van der Waals surface area contributed by atoms with Crippen LogP contribution >= 0.6 is 11.6 Å². The lowest BCUT2D eigenvalue weighted by atomic mass is 10.2. The van der Waals surface area contributed by atoms with Crippen LogP contribution in [0.15, 0.2) is 54.6 Å².